The summed E-state index contributed by atoms with van der Waals surface area (Å²) in [4.78, 5) is 10.9. The zero-order chi connectivity index (χ0) is 10.6. The van der Waals surface area contributed by atoms with Crippen molar-refractivity contribution in [3.63, 3.8) is 0 Å². The van der Waals surface area contributed by atoms with Gasteiger partial charge in [0, 0.05) is 5.92 Å². The van der Waals surface area contributed by atoms with Gasteiger partial charge in [-0.25, -0.2) is 0 Å². The summed E-state index contributed by atoms with van der Waals surface area (Å²) in [7, 11) is 0. The predicted octanol–water partition coefficient (Wildman–Crippen LogP) is 1.91. The van der Waals surface area contributed by atoms with Crippen molar-refractivity contribution in [1.82, 2.24) is 0 Å². The molecular weight excluding hydrogens is 174 g/mol. The van der Waals surface area contributed by atoms with E-state index < -0.39 is 0 Å². The molecule has 1 aromatic carbocycles. The number of nitrogens with two attached hydrogens (primary N) is 1. The van der Waals surface area contributed by atoms with Crippen LogP contribution in [0.1, 0.15) is 25.0 Å². The quantitative estimate of drug-likeness (QED) is 0.776. The number of carbonyl (C=O) groups excluding carboxylic acids is 1. The summed E-state index contributed by atoms with van der Waals surface area (Å²) in [5.74, 6) is -0.311. The van der Waals surface area contributed by atoms with Gasteiger partial charge in [-0.1, -0.05) is 38.1 Å². The summed E-state index contributed by atoms with van der Waals surface area (Å²) in [6.45, 7) is 3.98. The molecule has 76 valence electrons. The average molecular weight is 191 g/mol. The minimum Gasteiger partial charge on any atom is -0.369 e. The maximum Gasteiger partial charge on any atom is 0.220 e. The molecule has 2 heteroatoms. The van der Waals surface area contributed by atoms with Crippen LogP contribution in [0.3, 0.4) is 0 Å². The Kier molecular flexibility index (Phi) is 3.69. The van der Waals surface area contributed by atoms with Crippen LogP contribution in [-0.4, -0.2) is 5.91 Å². The highest BCUT2D eigenvalue weighted by Crippen LogP contribution is 2.11. The van der Waals surface area contributed by atoms with Gasteiger partial charge in [0.1, 0.15) is 0 Å². The number of hydrogen-bond donors (Lipinski definition) is 1. The molecule has 0 bridgehead atoms. The van der Waals surface area contributed by atoms with Crippen molar-refractivity contribution < 1.29 is 4.79 Å². The summed E-state index contributed by atoms with van der Waals surface area (Å²) in [5.41, 5.74) is 7.71. The fraction of sp³-hybridized carbons (Fsp3) is 0.417. The first kappa shape index (κ1) is 10.8. The third kappa shape index (κ3) is 2.87. The van der Waals surface area contributed by atoms with Crippen molar-refractivity contribution in [2.45, 2.75) is 26.7 Å². The van der Waals surface area contributed by atoms with E-state index in [1.54, 1.807) is 0 Å². The zero-order valence-corrected chi connectivity index (χ0v) is 8.79. The Hall–Kier alpha value is -1.31. The van der Waals surface area contributed by atoms with Crippen LogP contribution >= 0.6 is 0 Å². The SMILES string of the molecule is CCc1cccc(CC(C)C(N)=O)c1. The largest absolute Gasteiger partial charge is 0.369 e. The van der Waals surface area contributed by atoms with Crippen molar-refractivity contribution in [1.29, 1.82) is 0 Å². The maximum atomic E-state index is 10.9. The molecule has 14 heavy (non-hydrogen) atoms. The molecular formula is C12H17NO. The molecule has 1 atom stereocenters. The smallest absolute Gasteiger partial charge is 0.220 e. The van der Waals surface area contributed by atoms with E-state index in [-0.39, 0.29) is 11.8 Å². The zero-order valence-electron chi connectivity index (χ0n) is 8.79. The van der Waals surface area contributed by atoms with E-state index in [2.05, 4.69) is 19.1 Å². The highest BCUT2D eigenvalue weighted by Gasteiger charge is 2.09. The van der Waals surface area contributed by atoms with E-state index in [1.165, 1.54) is 11.1 Å². The van der Waals surface area contributed by atoms with E-state index in [0.29, 0.717) is 0 Å². The van der Waals surface area contributed by atoms with E-state index in [0.717, 1.165) is 12.8 Å². The van der Waals surface area contributed by atoms with Gasteiger partial charge in [0.15, 0.2) is 0 Å². The van der Waals surface area contributed by atoms with Gasteiger partial charge >= 0.3 is 0 Å². The van der Waals surface area contributed by atoms with Gasteiger partial charge in [0.05, 0.1) is 0 Å². The molecule has 0 aromatic heterocycles. The first-order chi connectivity index (χ1) is 6.63. The number of hydrogen-bond acceptors (Lipinski definition) is 1. The lowest BCUT2D eigenvalue weighted by Crippen LogP contribution is -2.22. The fourth-order valence-electron chi connectivity index (χ4n) is 1.43. The number of aryl methyl sites for hydroxylation is 1. The molecule has 0 aliphatic rings. The highest BCUT2D eigenvalue weighted by molar-refractivity contribution is 5.76. The minimum atomic E-state index is -0.230. The predicted molar refractivity (Wildman–Crippen MR) is 57.9 cm³/mol. The van der Waals surface area contributed by atoms with Crippen LogP contribution in [0.15, 0.2) is 24.3 Å². The third-order valence-corrected chi connectivity index (χ3v) is 2.43. The summed E-state index contributed by atoms with van der Waals surface area (Å²) in [6.07, 6.45) is 1.77. The summed E-state index contributed by atoms with van der Waals surface area (Å²) < 4.78 is 0. The van der Waals surface area contributed by atoms with Gasteiger partial charge in [-0.15, -0.1) is 0 Å². The molecule has 1 amide bonds. The summed E-state index contributed by atoms with van der Waals surface area (Å²) in [6, 6.07) is 8.30. The number of amides is 1. The van der Waals surface area contributed by atoms with Crippen LogP contribution in [0.5, 0.6) is 0 Å². The monoisotopic (exact) mass is 191 g/mol. The van der Waals surface area contributed by atoms with Gasteiger partial charge in [0.25, 0.3) is 0 Å². The van der Waals surface area contributed by atoms with Crippen molar-refractivity contribution in [3.8, 4) is 0 Å². The molecule has 2 nitrogen and oxygen atoms in total. The Morgan fingerprint density at radius 3 is 2.64 bits per heavy atom. The highest BCUT2D eigenvalue weighted by atomic mass is 16.1. The average Bonchev–Trinajstić information content (AvgIpc) is 2.18. The van der Waals surface area contributed by atoms with Crippen LogP contribution in [0, 0.1) is 5.92 Å². The normalized spacial score (nSPS) is 12.4. The van der Waals surface area contributed by atoms with Gasteiger partial charge in [-0.05, 0) is 24.0 Å². The van der Waals surface area contributed by atoms with Gasteiger partial charge in [0.2, 0.25) is 5.91 Å². The molecule has 0 heterocycles. The molecule has 1 rings (SSSR count). The van der Waals surface area contributed by atoms with Crippen molar-refractivity contribution in [2.75, 3.05) is 0 Å². The Labute approximate surface area is 85.1 Å². The van der Waals surface area contributed by atoms with Crippen molar-refractivity contribution in [2.24, 2.45) is 11.7 Å². The van der Waals surface area contributed by atoms with Gasteiger partial charge in [-0.2, -0.15) is 0 Å². The fourth-order valence-corrected chi connectivity index (χ4v) is 1.43. The number of rotatable bonds is 4. The standard InChI is InChI=1S/C12H17NO/c1-3-10-5-4-6-11(8-10)7-9(2)12(13)14/h4-6,8-9H,3,7H2,1-2H3,(H2,13,14). The second-order valence-corrected chi connectivity index (χ2v) is 3.68. The molecule has 0 spiro atoms. The topological polar surface area (TPSA) is 43.1 Å². The van der Waals surface area contributed by atoms with E-state index in [1.807, 2.05) is 19.1 Å². The van der Waals surface area contributed by atoms with Crippen molar-refractivity contribution in [3.05, 3.63) is 35.4 Å². The Balaban J connectivity index is 2.71. The van der Waals surface area contributed by atoms with E-state index in [4.69, 9.17) is 5.73 Å². The molecule has 2 N–H and O–H groups in total. The molecule has 0 saturated carbocycles. The molecule has 0 aliphatic heterocycles. The molecule has 0 fully saturated rings. The molecule has 0 saturated heterocycles. The number of carbonyl (C=O) groups is 1. The third-order valence-electron chi connectivity index (χ3n) is 2.43. The number of primary amides is 1. The Morgan fingerprint density at radius 1 is 1.43 bits per heavy atom. The molecule has 1 aromatic rings. The van der Waals surface area contributed by atoms with Gasteiger partial charge in [-0.3, -0.25) is 4.79 Å². The summed E-state index contributed by atoms with van der Waals surface area (Å²) >= 11 is 0. The van der Waals surface area contributed by atoms with Gasteiger partial charge < -0.3 is 5.73 Å². The van der Waals surface area contributed by atoms with E-state index in [9.17, 15) is 4.79 Å². The first-order valence-electron chi connectivity index (χ1n) is 5.00. The lowest BCUT2D eigenvalue weighted by atomic mass is 9.98. The Bertz CT molecular complexity index is 320. The second kappa shape index (κ2) is 4.80. The molecule has 0 aliphatic carbocycles. The van der Waals surface area contributed by atoms with Crippen LogP contribution in [0.4, 0.5) is 0 Å². The van der Waals surface area contributed by atoms with Crippen LogP contribution in [-0.2, 0) is 17.6 Å². The minimum absolute atomic E-state index is 0.0814. The Morgan fingerprint density at radius 2 is 2.07 bits per heavy atom. The van der Waals surface area contributed by atoms with E-state index >= 15 is 0 Å². The lowest BCUT2D eigenvalue weighted by molar-refractivity contribution is -0.121. The van der Waals surface area contributed by atoms with Crippen LogP contribution < -0.4 is 5.73 Å². The van der Waals surface area contributed by atoms with Crippen LogP contribution in [0.2, 0.25) is 0 Å². The molecule has 1 unspecified atom stereocenters. The summed E-state index contributed by atoms with van der Waals surface area (Å²) in [5, 5.41) is 0. The maximum absolute atomic E-state index is 10.9. The van der Waals surface area contributed by atoms with Crippen molar-refractivity contribution >= 4 is 5.91 Å². The number of benzene rings is 1. The lowest BCUT2D eigenvalue weighted by Gasteiger charge is -2.07. The first-order valence-corrected chi connectivity index (χ1v) is 5.00. The molecule has 0 radical (unpaired) electrons. The van der Waals surface area contributed by atoms with Crippen LogP contribution in [0.25, 0.3) is 0 Å². The second-order valence-electron chi connectivity index (χ2n) is 3.68.